The van der Waals surface area contributed by atoms with Crippen LogP contribution in [0.5, 0.6) is 0 Å². The van der Waals surface area contributed by atoms with E-state index in [0.29, 0.717) is 0 Å². The van der Waals surface area contributed by atoms with Crippen molar-refractivity contribution in [3.63, 3.8) is 0 Å². The molecule has 0 spiro atoms. The molecule has 0 bridgehead atoms. The molecule has 0 saturated carbocycles. The fourth-order valence-corrected chi connectivity index (χ4v) is 2.69. The highest BCUT2D eigenvalue weighted by Crippen LogP contribution is 2.26. The molecule has 0 unspecified atom stereocenters. The number of carbonyl (C=O) groups is 2. The number of benzene rings is 2. The van der Waals surface area contributed by atoms with Gasteiger partial charge in [0.2, 0.25) is 11.6 Å². The molecule has 0 saturated heterocycles. The van der Waals surface area contributed by atoms with Crippen LogP contribution < -0.4 is 0 Å². The van der Waals surface area contributed by atoms with Gasteiger partial charge in [-0.3, -0.25) is 9.59 Å². The largest absolute Gasteiger partial charge is 0.391 e. The van der Waals surface area contributed by atoms with Crippen LogP contribution in [0.15, 0.2) is 60.7 Å². The van der Waals surface area contributed by atoms with Crippen molar-refractivity contribution in [2.75, 3.05) is 0 Å². The molecule has 0 aliphatic heterocycles. The minimum atomic E-state index is -2.59. The SMILES string of the molecule is C[C@@H](O)[C@@H](O)[C@H](O)CC(O)(C(=O)c1ccccc1)C(=O)c1ccccc1. The first kappa shape index (κ1) is 19.9. The number of carbonyl (C=O) groups excluding carboxylic acids is 2. The van der Waals surface area contributed by atoms with Gasteiger partial charge in [0.05, 0.1) is 12.2 Å². The van der Waals surface area contributed by atoms with Crippen LogP contribution in [-0.2, 0) is 0 Å². The number of hydrogen-bond donors (Lipinski definition) is 4. The third-order valence-corrected chi connectivity index (χ3v) is 4.22. The number of aliphatic hydroxyl groups is 4. The summed E-state index contributed by atoms with van der Waals surface area (Å²) in [5, 5.41) is 40.4. The Balaban J connectivity index is 2.44. The average Bonchev–Trinajstić information content (AvgIpc) is 2.67. The molecule has 0 heterocycles. The Morgan fingerprint density at radius 3 is 1.58 bits per heavy atom. The minimum absolute atomic E-state index is 0.0954. The van der Waals surface area contributed by atoms with Crippen molar-refractivity contribution in [2.24, 2.45) is 0 Å². The van der Waals surface area contributed by atoms with Gasteiger partial charge in [-0.25, -0.2) is 0 Å². The first-order valence-electron chi connectivity index (χ1n) is 8.23. The lowest BCUT2D eigenvalue weighted by Crippen LogP contribution is -2.52. The maximum atomic E-state index is 12.9. The van der Waals surface area contributed by atoms with E-state index in [1.54, 1.807) is 36.4 Å². The van der Waals surface area contributed by atoms with Gasteiger partial charge in [-0.1, -0.05) is 60.7 Å². The first-order valence-corrected chi connectivity index (χ1v) is 8.23. The molecule has 138 valence electrons. The molecule has 2 aromatic carbocycles. The predicted molar refractivity (Wildman–Crippen MR) is 94.8 cm³/mol. The molecule has 0 aliphatic carbocycles. The minimum Gasteiger partial charge on any atom is -0.391 e. The average molecular weight is 358 g/mol. The van der Waals surface area contributed by atoms with E-state index in [0.717, 1.165) is 0 Å². The second kappa shape index (κ2) is 8.33. The second-order valence-electron chi connectivity index (χ2n) is 6.25. The zero-order valence-electron chi connectivity index (χ0n) is 14.3. The number of hydrogen-bond acceptors (Lipinski definition) is 6. The molecule has 6 nitrogen and oxygen atoms in total. The summed E-state index contributed by atoms with van der Waals surface area (Å²) in [5.74, 6) is -1.77. The highest BCUT2D eigenvalue weighted by atomic mass is 16.4. The van der Waals surface area contributed by atoms with Gasteiger partial charge in [0.15, 0.2) is 5.60 Å². The van der Waals surface area contributed by atoms with Crippen LogP contribution in [0.1, 0.15) is 34.1 Å². The van der Waals surface area contributed by atoms with Crippen molar-refractivity contribution in [3.05, 3.63) is 71.8 Å². The Morgan fingerprint density at radius 2 is 1.23 bits per heavy atom. The lowest BCUT2D eigenvalue weighted by atomic mass is 9.80. The Morgan fingerprint density at radius 1 is 0.846 bits per heavy atom. The second-order valence-corrected chi connectivity index (χ2v) is 6.25. The Hall–Kier alpha value is -2.38. The summed E-state index contributed by atoms with van der Waals surface area (Å²) in [5.41, 5.74) is -2.39. The van der Waals surface area contributed by atoms with Crippen LogP contribution in [0.4, 0.5) is 0 Å². The van der Waals surface area contributed by atoms with E-state index in [4.69, 9.17) is 0 Å². The van der Waals surface area contributed by atoms with Gasteiger partial charge in [-0.15, -0.1) is 0 Å². The van der Waals surface area contributed by atoms with Crippen LogP contribution in [0.3, 0.4) is 0 Å². The van der Waals surface area contributed by atoms with Gasteiger partial charge < -0.3 is 20.4 Å². The number of rotatable bonds is 8. The van der Waals surface area contributed by atoms with Gasteiger partial charge in [0.1, 0.15) is 6.10 Å². The summed E-state index contributed by atoms with van der Waals surface area (Å²) in [4.78, 5) is 25.8. The smallest absolute Gasteiger partial charge is 0.202 e. The van der Waals surface area contributed by atoms with E-state index in [2.05, 4.69) is 0 Å². The number of ketones is 2. The van der Waals surface area contributed by atoms with Crippen molar-refractivity contribution in [1.29, 1.82) is 0 Å². The van der Waals surface area contributed by atoms with Gasteiger partial charge in [0, 0.05) is 17.5 Å². The third kappa shape index (κ3) is 4.23. The highest BCUT2D eigenvalue weighted by Gasteiger charge is 2.47. The zero-order chi connectivity index (χ0) is 19.3. The van der Waals surface area contributed by atoms with E-state index in [1.807, 2.05) is 0 Å². The fraction of sp³-hybridized carbons (Fsp3) is 0.300. The summed E-state index contributed by atoms with van der Waals surface area (Å²) < 4.78 is 0. The lowest BCUT2D eigenvalue weighted by Gasteiger charge is -2.30. The quantitative estimate of drug-likeness (QED) is 0.413. The zero-order valence-corrected chi connectivity index (χ0v) is 14.3. The van der Waals surface area contributed by atoms with Crippen molar-refractivity contribution in [1.82, 2.24) is 0 Å². The van der Waals surface area contributed by atoms with Crippen molar-refractivity contribution in [3.8, 4) is 0 Å². The molecule has 26 heavy (non-hydrogen) atoms. The number of Topliss-reactive ketones (excluding diaryl/α,β-unsaturated/α-hetero) is 2. The maximum Gasteiger partial charge on any atom is 0.202 e. The van der Waals surface area contributed by atoms with Gasteiger partial charge in [0.25, 0.3) is 0 Å². The fourth-order valence-electron chi connectivity index (χ4n) is 2.69. The molecule has 6 heteroatoms. The van der Waals surface area contributed by atoms with Gasteiger partial charge >= 0.3 is 0 Å². The Bertz CT molecular complexity index is 690. The van der Waals surface area contributed by atoms with Crippen LogP contribution in [0.25, 0.3) is 0 Å². The molecule has 0 aromatic heterocycles. The molecule has 0 amide bonds. The van der Waals surface area contributed by atoms with Crippen LogP contribution in [-0.4, -0.2) is 55.9 Å². The highest BCUT2D eigenvalue weighted by molar-refractivity contribution is 6.22. The molecule has 0 fully saturated rings. The molecule has 2 aromatic rings. The maximum absolute atomic E-state index is 12.9. The van der Waals surface area contributed by atoms with E-state index >= 15 is 0 Å². The summed E-state index contributed by atoms with van der Waals surface area (Å²) in [6, 6.07) is 15.5. The monoisotopic (exact) mass is 358 g/mol. The first-order chi connectivity index (χ1) is 12.3. The Labute approximate surface area is 151 Å². The van der Waals surface area contributed by atoms with Crippen LogP contribution in [0.2, 0.25) is 0 Å². The summed E-state index contributed by atoms with van der Waals surface area (Å²) in [6.45, 7) is 1.25. The topological polar surface area (TPSA) is 115 Å². The van der Waals surface area contributed by atoms with E-state index in [1.165, 1.54) is 31.2 Å². The van der Waals surface area contributed by atoms with Gasteiger partial charge in [-0.2, -0.15) is 0 Å². The van der Waals surface area contributed by atoms with Crippen molar-refractivity contribution < 1.29 is 30.0 Å². The van der Waals surface area contributed by atoms with Crippen molar-refractivity contribution >= 4 is 11.6 Å². The van der Waals surface area contributed by atoms with Crippen LogP contribution in [0, 0.1) is 0 Å². The summed E-state index contributed by atoms with van der Waals surface area (Å²) in [6.07, 6.45) is -5.34. The lowest BCUT2D eigenvalue weighted by molar-refractivity contribution is -0.0745. The molecule has 0 radical (unpaired) electrons. The van der Waals surface area contributed by atoms with E-state index < -0.39 is 41.9 Å². The van der Waals surface area contributed by atoms with Crippen LogP contribution >= 0.6 is 0 Å². The molecular formula is C20H22O6. The summed E-state index contributed by atoms with van der Waals surface area (Å²) in [7, 11) is 0. The Kier molecular flexibility index (Phi) is 6.39. The number of aliphatic hydroxyl groups excluding tert-OH is 3. The standard InChI is InChI=1S/C20H22O6/c1-13(21)17(23)16(22)12-20(26,18(24)14-8-4-2-5-9-14)19(25)15-10-6-3-7-11-15/h2-11,13,16-17,21-23,26H,12H2,1H3/t13-,16-,17-/m1/s1. The van der Waals surface area contributed by atoms with Gasteiger partial charge in [-0.05, 0) is 6.92 Å². The van der Waals surface area contributed by atoms with E-state index in [9.17, 15) is 30.0 Å². The van der Waals surface area contributed by atoms with Crippen molar-refractivity contribution in [2.45, 2.75) is 37.3 Å². The molecule has 4 N–H and O–H groups in total. The molecule has 2 rings (SSSR count). The van der Waals surface area contributed by atoms with E-state index in [-0.39, 0.29) is 11.1 Å². The molecule has 0 aliphatic rings. The molecular weight excluding hydrogens is 336 g/mol. The predicted octanol–water partition coefficient (Wildman–Crippen LogP) is 0.976. The third-order valence-electron chi connectivity index (χ3n) is 4.22. The summed E-state index contributed by atoms with van der Waals surface area (Å²) >= 11 is 0. The molecule has 3 atom stereocenters. The normalized spacial score (nSPS) is 15.1.